The molecule has 1 aliphatic heterocycles. The van der Waals surface area contributed by atoms with Crippen molar-refractivity contribution in [3.8, 4) is 0 Å². The Morgan fingerprint density at radius 3 is 2.45 bits per heavy atom. The van der Waals surface area contributed by atoms with E-state index in [2.05, 4.69) is 16.0 Å². The molecule has 1 fully saturated rings. The molecule has 3 aromatic rings. The van der Waals surface area contributed by atoms with Crippen LogP contribution in [0.5, 0.6) is 0 Å². The smallest absolute Gasteiger partial charge is 0.407 e. The van der Waals surface area contributed by atoms with Crippen LogP contribution in [0.4, 0.5) is 29.3 Å². The van der Waals surface area contributed by atoms with E-state index >= 15 is 0 Å². The average molecular weight is 585 g/mol. The van der Waals surface area contributed by atoms with Gasteiger partial charge < -0.3 is 30.7 Å². The number of morpholine rings is 1. The first-order valence-corrected chi connectivity index (χ1v) is 13.8. The maximum atomic E-state index is 14.3. The van der Waals surface area contributed by atoms with Crippen molar-refractivity contribution >= 4 is 23.4 Å². The van der Waals surface area contributed by atoms with Gasteiger partial charge in [-0.3, -0.25) is 4.79 Å². The summed E-state index contributed by atoms with van der Waals surface area (Å²) < 4.78 is 49.6. The van der Waals surface area contributed by atoms with E-state index in [9.17, 15) is 22.8 Å². The second-order valence-electron chi connectivity index (χ2n) is 10.0. The Kier molecular flexibility index (Phi) is 11.6. The van der Waals surface area contributed by atoms with E-state index in [4.69, 9.17) is 9.47 Å². The summed E-state index contributed by atoms with van der Waals surface area (Å²) in [6.45, 7) is -0.0501. The summed E-state index contributed by atoms with van der Waals surface area (Å²) in [7, 11) is 0. The van der Waals surface area contributed by atoms with Crippen molar-refractivity contribution in [2.75, 3.05) is 36.9 Å². The molecule has 0 spiro atoms. The molecule has 1 saturated heterocycles. The Hall–Kier alpha value is -4.09. The van der Waals surface area contributed by atoms with E-state index < -0.39 is 25.1 Å². The van der Waals surface area contributed by atoms with E-state index in [-0.39, 0.29) is 37.1 Å². The van der Waals surface area contributed by atoms with Gasteiger partial charge in [0.1, 0.15) is 18.5 Å². The van der Waals surface area contributed by atoms with Gasteiger partial charge in [0.05, 0.1) is 25.3 Å². The molecular weight excluding hydrogens is 549 g/mol. The number of alkyl halides is 2. The third kappa shape index (κ3) is 10.1. The predicted molar refractivity (Wildman–Crippen MR) is 154 cm³/mol. The van der Waals surface area contributed by atoms with Gasteiger partial charge in [-0.1, -0.05) is 48.5 Å². The average Bonchev–Trinajstić information content (AvgIpc) is 3.00. The fourth-order valence-corrected chi connectivity index (χ4v) is 4.57. The molecule has 3 atom stereocenters. The fourth-order valence-electron chi connectivity index (χ4n) is 4.57. The largest absolute Gasteiger partial charge is 0.448 e. The first kappa shape index (κ1) is 30.9. The summed E-state index contributed by atoms with van der Waals surface area (Å²) >= 11 is 0. The zero-order valence-electron chi connectivity index (χ0n) is 23.0. The number of para-hydroxylation sites is 1. The molecule has 224 valence electrons. The molecule has 4 rings (SSSR count). The van der Waals surface area contributed by atoms with Gasteiger partial charge >= 0.3 is 6.09 Å². The molecule has 0 saturated carbocycles. The summed E-state index contributed by atoms with van der Waals surface area (Å²) in [6, 6.07) is 22.4. The van der Waals surface area contributed by atoms with Crippen molar-refractivity contribution in [1.82, 2.24) is 10.6 Å². The van der Waals surface area contributed by atoms with E-state index in [1.807, 2.05) is 66.0 Å². The number of nitrogens with one attached hydrogen (secondary N) is 4. The molecule has 0 radical (unpaired) electrons. The second kappa shape index (κ2) is 15.8. The molecule has 0 aliphatic carbocycles. The van der Waals surface area contributed by atoms with Crippen LogP contribution in [0, 0.1) is 5.82 Å². The molecular formula is C31H35F3N4O4. The Labute approximate surface area is 243 Å². The highest BCUT2D eigenvalue weighted by Gasteiger charge is 2.24. The molecule has 8 nitrogen and oxygen atoms in total. The molecule has 2 amide bonds. The summed E-state index contributed by atoms with van der Waals surface area (Å²) in [5, 5.41) is 11.5. The lowest BCUT2D eigenvalue weighted by molar-refractivity contribution is -0.116. The van der Waals surface area contributed by atoms with Crippen LogP contribution in [0.1, 0.15) is 17.5 Å². The molecule has 0 bridgehead atoms. The Balaban J connectivity index is 1.34. The number of hydrogen-bond donors (Lipinski definition) is 4. The van der Waals surface area contributed by atoms with Gasteiger partial charge in [-0.25, -0.2) is 18.0 Å². The van der Waals surface area contributed by atoms with E-state index in [0.717, 1.165) is 5.56 Å². The summed E-state index contributed by atoms with van der Waals surface area (Å²) in [5.41, 5.74) is 3.03. The maximum Gasteiger partial charge on any atom is 0.407 e. The number of halogens is 3. The third-order valence-electron chi connectivity index (χ3n) is 6.76. The van der Waals surface area contributed by atoms with Crippen molar-refractivity contribution < 1.29 is 32.2 Å². The number of carbonyl (C=O) groups is 2. The third-order valence-corrected chi connectivity index (χ3v) is 6.76. The molecule has 11 heteroatoms. The minimum absolute atomic E-state index is 0.0202. The van der Waals surface area contributed by atoms with Gasteiger partial charge in [0.15, 0.2) is 0 Å². The van der Waals surface area contributed by atoms with Crippen molar-refractivity contribution in [2.45, 2.75) is 43.9 Å². The minimum Gasteiger partial charge on any atom is -0.448 e. The van der Waals surface area contributed by atoms with Crippen LogP contribution < -0.4 is 21.3 Å². The Bertz CT molecular complexity index is 1280. The van der Waals surface area contributed by atoms with Crippen LogP contribution in [-0.4, -0.2) is 62.9 Å². The second-order valence-corrected chi connectivity index (χ2v) is 10.0. The minimum atomic E-state index is -2.65. The van der Waals surface area contributed by atoms with Crippen LogP contribution in [0.15, 0.2) is 78.9 Å². The van der Waals surface area contributed by atoms with Crippen molar-refractivity contribution in [1.29, 1.82) is 0 Å². The topological polar surface area (TPSA) is 101 Å². The first-order valence-electron chi connectivity index (χ1n) is 13.8. The van der Waals surface area contributed by atoms with Gasteiger partial charge in [-0.15, -0.1) is 0 Å². The van der Waals surface area contributed by atoms with Crippen LogP contribution in [0.25, 0.3) is 0 Å². The molecule has 3 aromatic carbocycles. The molecule has 4 N–H and O–H groups in total. The molecule has 1 aliphatic rings. The van der Waals surface area contributed by atoms with Crippen molar-refractivity contribution in [3.63, 3.8) is 0 Å². The normalized spacial score (nSPS) is 17.3. The predicted octanol–water partition coefficient (Wildman–Crippen LogP) is 4.77. The van der Waals surface area contributed by atoms with Crippen molar-refractivity contribution in [2.24, 2.45) is 0 Å². The van der Waals surface area contributed by atoms with Crippen LogP contribution in [-0.2, 0) is 27.1 Å². The van der Waals surface area contributed by atoms with Gasteiger partial charge in [0.2, 0.25) is 5.91 Å². The van der Waals surface area contributed by atoms with E-state index in [1.165, 1.54) is 12.1 Å². The Morgan fingerprint density at radius 1 is 1.02 bits per heavy atom. The highest BCUT2D eigenvalue weighted by molar-refractivity contribution is 5.96. The number of ether oxygens (including phenoxy) is 2. The Morgan fingerprint density at radius 2 is 1.76 bits per heavy atom. The maximum absolute atomic E-state index is 14.3. The fraction of sp³-hybridized carbons (Fsp3) is 0.355. The highest BCUT2D eigenvalue weighted by atomic mass is 19.3. The summed E-state index contributed by atoms with van der Waals surface area (Å²) in [4.78, 5) is 24.8. The van der Waals surface area contributed by atoms with Gasteiger partial charge in [-0.05, 0) is 54.3 Å². The number of aryl methyl sites for hydroxylation is 1. The lowest BCUT2D eigenvalue weighted by atomic mass is 10.0. The number of benzene rings is 3. The number of rotatable bonds is 13. The number of carbonyl (C=O) groups excluding carboxylic acids is 2. The molecule has 0 aromatic heterocycles. The number of hydrogen-bond acceptors (Lipinski definition) is 6. The van der Waals surface area contributed by atoms with Gasteiger partial charge in [0, 0.05) is 24.3 Å². The van der Waals surface area contributed by atoms with Crippen molar-refractivity contribution in [3.05, 3.63) is 95.8 Å². The highest BCUT2D eigenvalue weighted by Crippen LogP contribution is 2.23. The molecule has 0 unspecified atom stereocenters. The standard InChI is InChI=1S/C31H35F3N4O4/c32-23-12-14-27(38-28(15-21-7-3-1-4-8-21)30(39)37-24-9-5-2-6-10-24)22(16-23)11-13-26-17-35-25(19-41-26)20-42-31(40)36-18-29(33)34/h1-10,12,14,16,25-26,28-29,35,38H,11,13,15,17-20H2,(H,36,40)(H,37,39)/t25-,26+,28-/m0/s1. The summed E-state index contributed by atoms with van der Waals surface area (Å²) in [6.07, 6.45) is -2.24. The van der Waals surface area contributed by atoms with Gasteiger partial charge in [-0.2, -0.15) is 0 Å². The zero-order chi connectivity index (χ0) is 29.7. The number of alkyl carbamates (subject to hydrolysis) is 1. The van der Waals surface area contributed by atoms with Gasteiger partial charge in [0.25, 0.3) is 6.43 Å². The quantitative estimate of drug-likeness (QED) is 0.231. The first-order chi connectivity index (χ1) is 20.4. The van der Waals surface area contributed by atoms with Crippen LogP contribution in [0.3, 0.4) is 0 Å². The molecule has 1 heterocycles. The van der Waals surface area contributed by atoms with Crippen LogP contribution >= 0.6 is 0 Å². The number of amides is 2. The van der Waals surface area contributed by atoms with Crippen LogP contribution in [0.2, 0.25) is 0 Å². The number of anilines is 2. The zero-order valence-corrected chi connectivity index (χ0v) is 23.0. The van der Waals surface area contributed by atoms with E-state index in [1.54, 1.807) is 6.07 Å². The monoisotopic (exact) mass is 584 g/mol. The SMILES string of the molecule is O=C(NCC(F)F)OC[C@@H]1CO[C@H](CCc2cc(F)ccc2N[C@@H](Cc2ccccc2)C(=O)Nc2ccccc2)CN1. The lowest BCUT2D eigenvalue weighted by Gasteiger charge is -2.30. The lowest BCUT2D eigenvalue weighted by Crippen LogP contribution is -2.49. The van der Waals surface area contributed by atoms with E-state index in [0.29, 0.717) is 42.7 Å². The summed E-state index contributed by atoms with van der Waals surface area (Å²) in [5.74, 6) is -0.592. The molecule has 42 heavy (non-hydrogen) atoms.